The van der Waals surface area contributed by atoms with Crippen LogP contribution in [-0.2, 0) is 47.9 Å². The number of benzene rings is 3. The molecule has 1 aliphatic heterocycles. The van der Waals surface area contributed by atoms with Crippen LogP contribution in [0.2, 0.25) is 16.6 Å². The van der Waals surface area contributed by atoms with E-state index in [0.717, 1.165) is 29.5 Å². The van der Waals surface area contributed by atoms with Crippen molar-refractivity contribution >= 4 is 8.32 Å². The highest BCUT2D eigenvalue weighted by atomic mass is 28.4. The number of ether oxygens (including phenoxy) is 5. The van der Waals surface area contributed by atoms with E-state index in [-0.39, 0.29) is 12.0 Å². The second kappa shape index (κ2) is 18.6. The summed E-state index contributed by atoms with van der Waals surface area (Å²) in [7, 11) is -2.07. The predicted molar refractivity (Wildman–Crippen MR) is 205 cm³/mol. The maximum atomic E-state index is 12.0. The second-order valence-corrected chi connectivity index (χ2v) is 21.1. The number of aliphatic hydroxyl groups excluding tert-OH is 1. The molecule has 280 valence electrons. The summed E-state index contributed by atoms with van der Waals surface area (Å²) in [6.07, 6.45) is -1.73. The third-order valence-electron chi connectivity index (χ3n) is 11.3. The molecule has 1 N–H and O–H groups in total. The molecule has 2 fully saturated rings. The maximum absolute atomic E-state index is 12.0. The van der Waals surface area contributed by atoms with Crippen molar-refractivity contribution in [3.8, 4) is 0 Å². The van der Waals surface area contributed by atoms with Gasteiger partial charge in [0.2, 0.25) is 0 Å². The Morgan fingerprint density at radius 3 is 1.65 bits per heavy atom. The van der Waals surface area contributed by atoms with Gasteiger partial charge in [0.25, 0.3) is 0 Å². The fourth-order valence-electron chi connectivity index (χ4n) is 8.38. The van der Waals surface area contributed by atoms with Crippen molar-refractivity contribution in [2.45, 2.75) is 128 Å². The van der Waals surface area contributed by atoms with Crippen molar-refractivity contribution in [3.05, 3.63) is 108 Å². The molecule has 0 unspecified atom stereocenters. The van der Waals surface area contributed by atoms with Crippen molar-refractivity contribution < 1.29 is 33.2 Å². The van der Waals surface area contributed by atoms with Gasteiger partial charge in [-0.25, -0.2) is 0 Å². The zero-order valence-corrected chi connectivity index (χ0v) is 32.9. The first-order valence-electron chi connectivity index (χ1n) is 19.1. The molecule has 7 nitrogen and oxygen atoms in total. The predicted octanol–water partition coefficient (Wildman–Crippen LogP) is 9.08. The Hall–Kier alpha value is -2.40. The summed E-state index contributed by atoms with van der Waals surface area (Å²) in [6, 6.07) is 30.2. The Labute approximate surface area is 308 Å². The average Bonchev–Trinajstić information content (AvgIpc) is 3.84. The molecular formula is C43H62O7Si. The van der Waals surface area contributed by atoms with Crippen LogP contribution >= 0.6 is 0 Å². The molecule has 2 aliphatic rings. The number of hydrogen-bond acceptors (Lipinski definition) is 7. The van der Waals surface area contributed by atoms with Crippen molar-refractivity contribution in [1.82, 2.24) is 0 Å². The Balaban J connectivity index is 1.36. The number of hydrogen-bond donors (Lipinski definition) is 1. The van der Waals surface area contributed by atoms with E-state index >= 15 is 0 Å². The standard InChI is InChI=1S/C43H62O7Si/c1-8-37-24-43(37,30-49-51(31(2)3,32(4)5)33(6)7)29-48-42-39(44)41(47-27-36-22-16-11-17-23-36)40(46-26-35-20-14-10-15-21-35)38(50-42)28-45-25-34-18-12-9-13-19-34/h9-23,31-33,37-42,44H,8,24-30H2,1-7H3/t37-,38-,39-,40-,41-,42-,43-/m1/s1. The lowest BCUT2D eigenvalue weighted by Crippen LogP contribution is -2.61. The molecular weight excluding hydrogens is 657 g/mol. The van der Waals surface area contributed by atoms with E-state index in [2.05, 4.69) is 48.5 Å². The summed E-state index contributed by atoms with van der Waals surface area (Å²) in [5.74, 6) is 0.508. The molecule has 0 aromatic heterocycles. The summed E-state index contributed by atoms with van der Waals surface area (Å²) >= 11 is 0. The third kappa shape index (κ3) is 9.98. The van der Waals surface area contributed by atoms with Crippen LogP contribution < -0.4 is 0 Å². The van der Waals surface area contributed by atoms with Crippen molar-refractivity contribution in [2.75, 3.05) is 19.8 Å². The molecule has 1 heterocycles. The average molecular weight is 719 g/mol. The van der Waals surface area contributed by atoms with Crippen LogP contribution in [0, 0.1) is 11.3 Å². The van der Waals surface area contributed by atoms with Gasteiger partial charge in [-0.1, -0.05) is 146 Å². The lowest BCUT2D eigenvalue weighted by molar-refractivity contribution is -0.321. The smallest absolute Gasteiger partial charge is 0.200 e. The zero-order chi connectivity index (χ0) is 36.4. The maximum Gasteiger partial charge on any atom is 0.200 e. The largest absolute Gasteiger partial charge is 0.415 e. The van der Waals surface area contributed by atoms with Gasteiger partial charge in [0, 0.05) is 12.0 Å². The molecule has 51 heavy (non-hydrogen) atoms. The van der Waals surface area contributed by atoms with E-state index in [4.69, 9.17) is 28.1 Å². The molecule has 7 atom stereocenters. The minimum atomic E-state index is -2.07. The van der Waals surface area contributed by atoms with Crippen LogP contribution in [0.15, 0.2) is 91.0 Å². The minimum absolute atomic E-state index is 0.102. The fourth-order valence-corrected chi connectivity index (χ4v) is 13.9. The van der Waals surface area contributed by atoms with Crippen LogP contribution in [0.3, 0.4) is 0 Å². The normalized spacial score (nSPS) is 26.6. The minimum Gasteiger partial charge on any atom is -0.415 e. The summed E-state index contributed by atoms with van der Waals surface area (Å²) in [5.41, 5.74) is 4.53. The van der Waals surface area contributed by atoms with Crippen LogP contribution in [0.25, 0.3) is 0 Å². The molecule has 0 radical (unpaired) electrons. The molecule has 8 heteroatoms. The summed E-state index contributed by atoms with van der Waals surface area (Å²) in [5, 5.41) is 12.0. The molecule has 0 bridgehead atoms. The molecule has 1 saturated carbocycles. The first-order chi connectivity index (χ1) is 24.6. The molecule has 1 saturated heterocycles. The van der Waals surface area contributed by atoms with Crippen LogP contribution in [-0.4, -0.2) is 64.0 Å². The zero-order valence-electron chi connectivity index (χ0n) is 31.9. The van der Waals surface area contributed by atoms with Gasteiger partial charge < -0.3 is 33.2 Å². The van der Waals surface area contributed by atoms with Gasteiger partial charge in [0.1, 0.15) is 24.4 Å². The van der Waals surface area contributed by atoms with Crippen LogP contribution in [0.4, 0.5) is 0 Å². The topological polar surface area (TPSA) is 75.6 Å². The fraction of sp³-hybridized carbons (Fsp3) is 0.581. The van der Waals surface area contributed by atoms with Gasteiger partial charge in [-0.2, -0.15) is 0 Å². The Kier molecular flexibility index (Phi) is 14.5. The highest BCUT2D eigenvalue weighted by molar-refractivity contribution is 6.77. The van der Waals surface area contributed by atoms with E-state index in [1.165, 1.54) is 0 Å². The Morgan fingerprint density at radius 1 is 0.686 bits per heavy atom. The first kappa shape index (κ1) is 39.8. The molecule has 0 amide bonds. The van der Waals surface area contributed by atoms with Gasteiger partial charge in [-0.3, -0.25) is 0 Å². The summed E-state index contributed by atoms with van der Waals surface area (Å²) < 4.78 is 39.8. The molecule has 3 aromatic rings. The van der Waals surface area contributed by atoms with Gasteiger partial charge >= 0.3 is 0 Å². The van der Waals surface area contributed by atoms with E-state index in [1.54, 1.807) is 0 Å². The Bertz CT molecular complexity index is 1400. The van der Waals surface area contributed by atoms with Crippen LogP contribution in [0.5, 0.6) is 0 Å². The van der Waals surface area contributed by atoms with Crippen LogP contribution in [0.1, 0.15) is 78.0 Å². The van der Waals surface area contributed by atoms with Crippen molar-refractivity contribution in [3.63, 3.8) is 0 Å². The first-order valence-corrected chi connectivity index (χ1v) is 21.3. The summed E-state index contributed by atoms with van der Waals surface area (Å²) in [6.45, 7) is 18.7. The Morgan fingerprint density at radius 2 is 1.18 bits per heavy atom. The highest BCUT2D eigenvalue weighted by Gasteiger charge is 2.57. The molecule has 5 rings (SSSR count). The molecule has 3 aromatic carbocycles. The van der Waals surface area contributed by atoms with Gasteiger partial charge in [-0.15, -0.1) is 0 Å². The monoisotopic (exact) mass is 718 g/mol. The quantitative estimate of drug-likeness (QED) is 0.117. The van der Waals surface area contributed by atoms with E-state index in [1.807, 2.05) is 91.0 Å². The second-order valence-electron chi connectivity index (χ2n) is 15.6. The lowest BCUT2D eigenvalue weighted by atomic mass is 9.98. The van der Waals surface area contributed by atoms with Gasteiger partial charge in [0.15, 0.2) is 14.6 Å². The van der Waals surface area contributed by atoms with E-state index in [0.29, 0.717) is 55.6 Å². The van der Waals surface area contributed by atoms with Gasteiger partial charge in [-0.05, 0) is 45.7 Å². The lowest BCUT2D eigenvalue weighted by Gasteiger charge is -2.45. The third-order valence-corrected chi connectivity index (χ3v) is 17.3. The van der Waals surface area contributed by atoms with E-state index in [9.17, 15) is 5.11 Å². The summed E-state index contributed by atoms with van der Waals surface area (Å²) in [4.78, 5) is 0. The molecule has 0 spiro atoms. The van der Waals surface area contributed by atoms with E-state index < -0.39 is 39.0 Å². The SMILES string of the molecule is CC[C@@H]1C[C@@]1(CO[C@@H]1O[C@H](COCc2ccccc2)[C@@H](OCc2ccccc2)[C@H](OCc2ccccc2)[C@H]1O)CO[Si](C(C)C)(C(C)C)C(C)C. The van der Waals surface area contributed by atoms with Gasteiger partial charge in [0.05, 0.1) is 33.0 Å². The van der Waals surface area contributed by atoms with Crippen molar-refractivity contribution in [1.29, 1.82) is 0 Å². The molecule has 1 aliphatic carbocycles. The number of rotatable bonds is 20. The highest BCUT2D eigenvalue weighted by Crippen LogP contribution is 2.56. The number of aliphatic hydroxyl groups is 1. The van der Waals surface area contributed by atoms with Crippen molar-refractivity contribution in [2.24, 2.45) is 11.3 Å².